The lowest BCUT2D eigenvalue weighted by molar-refractivity contribution is 0.0594. The molecule has 0 radical (unpaired) electrons. The maximum atomic E-state index is 12.8. The first kappa shape index (κ1) is 19.0. The van der Waals surface area contributed by atoms with Crippen LogP contribution in [0.25, 0.3) is 11.1 Å². The Hall–Kier alpha value is -2.35. The van der Waals surface area contributed by atoms with Crippen molar-refractivity contribution in [1.29, 1.82) is 0 Å². The Labute approximate surface area is 172 Å². The van der Waals surface area contributed by atoms with Crippen LogP contribution in [-0.2, 0) is 6.67 Å². The molecule has 0 spiro atoms. The summed E-state index contributed by atoms with van der Waals surface area (Å²) in [6.45, 7) is 3.46. The Balaban J connectivity index is 1.43. The van der Waals surface area contributed by atoms with Crippen LogP contribution in [-0.4, -0.2) is 53.6 Å². The summed E-state index contributed by atoms with van der Waals surface area (Å²) in [6.07, 6.45) is 0. The molecule has 0 N–H and O–H groups in total. The molecule has 1 saturated heterocycles. The Morgan fingerprint density at radius 1 is 1.18 bits per heavy atom. The Bertz CT molecular complexity index is 1070. The third kappa shape index (κ3) is 3.78. The fourth-order valence-corrected chi connectivity index (χ4v) is 3.81. The van der Waals surface area contributed by atoms with Crippen molar-refractivity contribution in [2.45, 2.75) is 6.67 Å². The Morgan fingerprint density at radius 2 is 1.96 bits per heavy atom. The van der Waals surface area contributed by atoms with Crippen LogP contribution in [0, 0.1) is 4.84 Å². The number of ether oxygens (including phenoxy) is 1. The summed E-state index contributed by atoms with van der Waals surface area (Å²) >= 11 is 11.4. The number of hydrogen-bond acceptors (Lipinski definition) is 5. The van der Waals surface area contributed by atoms with Gasteiger partial charge in [-0.05, 0) is 42.5 Å². The first-order chi connectivity index (χ1) is 13.5. The smallest absolute Gasteiger partial charge is 0.270 e. The molecule has 1 fully saturated rings. The van der Waals surface area contributed by atoms with Crippen LogP contribution >= 0.6 is 23.8 Å². The van der Waals surface area contributed by atoms with Crippen LogP contribution in [0.15, 0.2) is 46.9 Å². The number of halogens is 1. The van der Waals surface area contributed by atoms with E-state index < -0.39 is 0 Å². The molecule has 1 aromatic heterocycles. The Kier molecular flexibility index (Phi) is 5.39. The van der Waals surface area contributed by atoms with Crippen LogP contribution in [0.1, 0.15) is 10.4 Å². The van der Waals surface area contributed by atoms with E-state index in [1.807, 2.05) is 39.8 Å². The monoisotopic (exact) mass is 417 g/mol. The molecule has 8 heteroatoms. The van der Waals surface area contributed by atoms with E-state index in [0.717, 1.165) is 18.6 Å². The summed E-state index contributed by atoms with van der Waals surface area (Å²) in [5.41, 5.74) is 2.25. The molecule has 2 heterocycles. The van der Waals surface area contributed by atoms with Gasteiger partial charge in [-0.3, -0.25) is 14.3 Å². The van der Waals surface area contributed by atoms with Crippen molar-refractivity contribution in [2.24, 2.45) is 0 Å². The van der Waals surface area contributed by atoms with Crippen molar-refractivity contribution in [3.8, 4) is 5.75 Å². The zero-order valence-electron chi connectivity index (χ0n) is 15.4. The minimum Gasteiger partial charge on any atom is -0.497 e. The van der Waals surface area contributed by atoms with E-state index in [1.165, 1.54) is 0 Å². The predicted octanol–water partition coefficient (Wildman–Crippen LogP) is 4.04. The van der Waals surface area contributed by atoms with Gasteiger partial charge in [-0.15, -0.1) is 0 Å². The molecule has 0 saturated carbocycles. The van der Waals surface area contributed by atoms with Gasteiger partial charge in [0.25, 0.3) is 10.7 Å². The number of amides is 1. The van der Waals surface area contributed by atoms with Crippen molar-refractivity contribution in [2.75, 3.05) is 33.3 Å². The number of fused-ring (bicyclic) bond motifs is 1. The number of carbonyl (C=O) groups excluding carboxylic acids is 1. The zero-order valence-corrected chi connectivity index (χ0v) is 17.0. The summed E-state index contributed by atoms with van der Waals surface area (Å²) in [7, 11) is 1.60. The summed E-state index contributed by atoms with van der Waals surface area (Å²) < 4.78 is 12.8. The van der Waals surface area contributed by atoms with Crippen molar-refractivity contribution in [3.05, 3.63) is 57.9 Å². The molecule has 0 unspecified atom stereocenters. The maximum absolute atomic E-state index is 12.8. The van der Waals surface area contributed by atoms with E-state index in [1.54, 1.807) is 19.2 Å². The molecule has 1 aliphatic heterocycles. The highest BCUT2D eigenvalue weighted by Gasteiger charge is 2.23. The van der Waals surface area contributed by atoms with E-state index in [2.05, 4.69) is 4.90 Å². The van der Waals surface area contributed by atoms with Gasteiger partial charge in [-0.2, -0.15) is 0 Å². The molecular formula is C20H20ClN3O3S. The number of methoxy groups -OCH3 is 1. The number of oxazole rings is 1. The topological polar surface area (TPSA) is 50.9 Å². The molecule has 28 heavy (non-hydrogen) atoms. The highest BCUT2D eigenvalue weighted by Crippen LogP contribution is 2.22. The molecular weight excluding hydrogens is 398 g/mol. The molecule has 0 bridgehead atoms. The average molecular weight is 418 g/mol. The lowest BCUT2D eigenvalue weighted by Gasteiger charge is -2.34. The molecule has 4 rings (SSSR count). The van der Waals surface area contributed by atoms with Gasteiger partial charge in [0, 0.05) is 42.8 Å². The van der Waals surface area contributed by atoms with Gasteiger partial charge in [0.2, 0.25) is 0 Å². The summed E-state index contributed by atoms with van der Waals surface area (Å²) in [4.78, 5) is 17.3. The molecule has 3 aromatic rings. The number of hydrogen-bond donors (Lipinski definition) is 0. The predicted molar refractivity (Wildman–Crippen MR) is 111 cm³/mol. The van der Waals surface area contributed by atoms with Gasteiger partial charge in [-0.25, -0.2) is 0 Å². The highest BCUT2D eigenvalue weighted by atomic mass is 35.5. The second kappa shape index (κ2) is 7.95. The molecule has 1 aliphatic rings. The van der Waals surface area contributed by atoms with Crippen LogP contribution in [0.4, 0.5) is 0 Å². The zero-order chi connectivity index (χ0) is 19.7. The quantitative estimate of drug-likeness (QED) is 0.599. The van der Waals surface area contributed by atoms with E-state index >= 15 is 0 Å². The fourth-order valence-electron chi connectivity index (χ4n) is 3.41. The average Bonchev–Trinajstić information content (AvgIpc) is 3.02. The van der Waals surface area contributed by atoms with E-state index in [0.29, 0.717) is 46.5 Å². The summed E-state index contributed by atoms with van der Waals surface area (Å²) in [5.74, 6) is 0.712. The normalized spacial score (nSPS) is 15.1. The fraction of sp³-hybridized carbons (Fsp3) is 0.300. The number of piperazine rings is 1. The standard InChI is InChI=1S/C20H20ClN3O3S/c1-26-16-4-2-3-14(11-16)19(25)23-9-7-22(8-10-23)13-24-17-6-5-15(21)12-18(17)27-20(24)28/h2-6,11-12H,7-10,13H2,1H3. The second-order valence-corrected chi connectivity index (χ2v) is 7.48. The van der Waals surface area contributed by atoms with Crippen molar-refractivity contribution in [1.82, 2.24) is 14.4 Å². The highest BCUT2D eigenvalue weighted by molar-refractivity contribution is 7.71. The second-order valence-electron chi connectivity index (χ2n) is 6.69. The lowest BCUT2D eigenvalue weighted by atomic mass is 10.1. The van der Waals surface area contributed by atoms with Crippen molar-refractivity contribution in [3.63, 3.8) is 0 Å². The van der Waals surface area contributed by atoms with Crippen LogP contribution in [0.3, 0.4) is 0 Å². The van der Waals surface area contributed by atoms with E-state index in [9.17, 15) is 4.79 Å². The minimum absolute atomic E-state index is 0.0264. The van der Waals surface area contributed by atoms with Crippen molar-refractivity contribution >= 4 is 40.8 Å². The number of carbonyl (C=O) groups is 1. The van der Waals surface area contributed by atoms with Gasteiger partial charge in [0.15, 0.2) is 5.58 Å². The number of nitrogens with zero attached hydrogens (tertiary/aromatic N) is 3. The molecule has 0 atom stereocenters. The van der Waals surface area contributed by atoms with E-state index in [-0.39, 0.29) is 5.91 Å². The van der Waals surface area contributed by atoms with E-state index in [4.69, 9.17) is 33.0 Å². The molecule has 0 aliphatic carbocycles. The van der Waals surface area contributed by atoms with Crippen LogP contribution in [0.2, 0.25) is 5.02 Å². The van der Waals surface area contributed by atoms with Crippen LogP contribution < -0.4 is 4.74 Å². The molecule has 146 valence electrons. The van der Waals surface area contributed by atoms with Crippen molar-refractivity contribution < 1.29 is 13.9 Å². The van der Waals surface area contributed by atoms with Gasteiger partial charge in [-0.1, -0.05) is 17.7 Å². The van der Waals surface area contributed by atoms with Crippen LogP contribution in [0.5, 0.6) is 5.75 Å². The third-order valence-corrected chi connectivity index (χ3v) is 5.49. The number of benzene rings is 2. The Morgan fingerprint density at radius 3 is 2.71 bits per heavy atom. The number of aromatic nitrogens is 1. The van der Waals surface area contributed by atoms with Gasteiger partial charge in [0.05, 0.1) is 19.3 Å². The lowest BCUT2D eigenvalue weighted by Crippen LogP contribution is -2.48. The summed E-state index contributed by atoms with van der Waals surface area (Å²) in [5, 5.41) is 0.619. The minimum atomic E-state index is 0.0264. The summed E-state index contributed by atoms with van der Waals surface area (Å²) in [6, 6.07) is 12.8. The van der Waals surface area contributed by atoms with Gasteiger partial charge < -0.3 is 14.1 Å². The first-order valence-corrected chi connectivity index (χ1v) is 9.78. The SMILES string of the molecule is COc1cccc(C(=O)N2CCN(Cn3c(=S)oc4cc(Cl)ccc43)CC2)c1. The largest absolute Gasteiger partial charge is 0.497 e. The third-order valence-electron chi connectivity index (χ3n) is 4.95. The maximum Gasteiger partial charge on any atom is 0.270 e. The van der Waals surface area contributed by atoms with Gasteiger partial charge in [0.1, 0.15) is 5.75 Å². The molecule has 2 aromatic carbocycles. The van der Waals surface area contributed by atoms with Gasteiger partial charge >= 0.3 is 0 Å². The number of rotatable bonds is 4. The molecule has 1 amide bonds. The first-order valence-electron chi connectivity index (χ1n) is 9.00. The molecule has 6 nitrogen and oxygen atoms in total.